The van der Waals surface area contributed by atoms with E-state index in [0.717, 1.165) is 16.3 Å². The van der Waals surface area contributed by atoms with E-state index in [2.05, 4.69) is 10.3 Å². The van der Waals surface area contributed by atoms with E-state index < -0.39 is 0 Å². The van der Waals surface area contributed by atoms with Gasteiger partial charge in [-0.05, 0) is 31.5 Å². The largest absolute Gasteiger partial charge is 0.484 e. The van der Waals surface area contributed by atoms with Crippen LogP contribution < -0.4 is 10.1 Å². The van der Waals surface area contributed by atoms with Gasteiger partial charge in [0.15, 0.2) is 6.61 Å². The fraction of sp³-hybridized carbons (Fsp3) is 0.286. The lowest BCUT2D eigenvalue weighted by molar-refractivity contribution is -0.123. The Balaban J connectivity index is 1.75. The molecular weight excluding hydrogens is 260 g/mol. The van der Waals surface area contributed by atoms with Gasteiger partial charge in [-0.25, -0.2) is 4.98 Å². The van der Waals surface area contributed by atoms with Crippen molar-refractivity contribution in [3.8, 4) is 5.75 Å². The quantitative estimate of drug-likeness (QED) is 0.912. The molecule has 5 heteroatoms. The molecule has 100 valence electrons. The first-order valence-electron chi connectivity index (χ1n) is 6.00. The van der Waals surface area contributed by atoms with E-state index in [1.807, 2.05) is 43.5 Å². The van der Waals surface area contributed by atoms with Crippen molar-refractivity contribution < 1.29 is 9.53 Å². The van der Waals surface area contributed by atoms with Crippen molar-refractivity contribution in [2.24, 2.45) is 0 Å². The van der Waals surface area contributed by atoms with Crippen molar-refractivity contribution in [2.75, 3.05) is 6.61 Å². The number of benzene rings is 1. The third kappa shape index (κ3) is 4.37. The second-order valence-electron chi connectivity index (χ2n) is 4.24. The number of aromatic nitrogens is 1. The van der Waals surface area contributed by atoms with Gasteiger partial charge in [0.1, 0.15) is 5.75 Å². The van der Waals surface area contributed by atoms with Crippen LogP contribution in [0.3, 0.4) is 0 Å². The number of aryl methyl sites for hydroxylation is 2. The zero-order valence-corrected chi connectivity index (χ0v) is 11.8. The Hall–Kier alpha value is -1.88. The summed E-state index contributed by atoms with van der Waals surface area (Å²) >= 11 is 1.57. The summed E-state index contributed by atoms with van der Waals surface area (Å²) in [5.74, 6) is 0.562. The molecule has 1 N–H and O–H groups in total. The molecule has 0 radical (unpaired) electrons. The highest BCUT2D eigenvalue weighted by atomic mass is 32.1. The lowest BCUT2D eigenvalue weighted by atomic mass is 10.2. The summed E-state index contributed by atoms with van der Waals surface area (Å²) < 4.78 is 5.41. The van der Waals surface area contributed by atoms with Crippen LogP contribution in [0.5, 0.6) is 5.75 Å². The van der Waals surface area contributed by atoms with Crippen LogP contribution in [0.25, 0.3) is 0 Å². The van der Waals surface area contributed by atoms with E-state index in [4.69, 9.17) is 4.74 Å². The smallest absolute Gasteiger partial charge is 0.258 e. The van der Waals surface area contributed by atoms with Gasteiger partial charge < -0.3 is 10.1 Å². The number of hydrogen-bond donors (Lipinski definition) is 1. The number of rotatable bonds is 5. The summed E-state index contributed by atoms with van der Waals surface area (Å²) in [6, 6.07) is 7.62. The van der Waals surface area contributed by atoms with Crippen LogP contribution in [0.15, 0.2) is 29.6 Å². The number of carbonyl (C=O) groups is 1. The van der Waals surface area contributed by atoms with E-state index in [0.29, 0.717) is 12.3 Å². The number of carbonyl (C=O) groups excluding carboxylic acids is 1. The topological polar surface area (TPSA) is 51.2 Å². The molecule has 0 aliphatic carbocycles. The maximum absolute atomic E-state index is 11.6. The number of thiazole rings is 1. The summed E-state index contributed by atoms with van der Waals surface area (Å²) in [4.78, 5) is 15.9. The van der Waals surface area contributed by atoms with Gasteiger partial charge in [-0.15, -0.1) is 11.3 Å². The molecule has 1 heterocycles. The molecule has 1 amide bonds. The Kier molecular flexibility index (Phi) is 4.52. The zero-order valence-electron chi connectivity index (χ0n) is 11.0. The SMILES string of the molecule is Cc1cccc(OCC(=O)NCc2csc(C)n2)c1. The molecule has 0 spiro atoms. The highest BCUT2D eigenvalue weighted by Gasteiger charge is 2.04. The minimum absolute atomic E-state index is 0.0204. The summed E-state index contributed by atoms with van der Waals surface area (Å²) in [5, 5.41) is 5.72. The van der Waals surface area contributed by atoms with Crippen LogP contribution in [0, 0.1) is 13.8 Å². The minimum Gasteiger partial charge on any atom is -0.484 e. The van der Waals surface area contributed by atoms with Crippen LogP contribution in [0.1, 0.15) is 16.3 Å². The number of nitrogens with one attached hydrogen (secondary N) is 1. The van der Waals surface area contributed by atoms with Crippen molar-refractivity contribution in [3.63, 3.8) is 0 Å². The van der Waals surface area contributed by atoms with E-state index in [1.54, 1.807) is 11.3 Å². The third-order valence-corrected chi connectivity index (χ3v) is 3.32. The molecule has 19 heavy (non-hydrogen) atoms. The molecule has 0 atom stereocenters. The zero-order chi connectivity index (χ0) is 13.7. The Labute approximate surface area is 116 Å². The van der Waals surface area contributed by atoms with E-state index in [9.17, 15) is 4.79 Å². The molecule has 0 fully saturated rings. The van der Waals surface area contributed by atoms with E-state index >= 15 is 0 Å². The summed E-state index contributed by atoms with van der Waals surface area (Å²) in [6.07, 6.45) is 0. The van der Waals surface area contributed by atoms with Gasteiger partial charge in [0.05, 0.1) is 17.2 Å². The van der Waals surface area contributed by atoms with Gasteiger partial charge in [0.25, 0.3) is 5.91 Å². The molecule has 0 saturated carbocycles. The van der Waals surface area contributed by atoms with Crippen LogP contribution >= 0.6 is 11.3 Å². The molecule has 4 nitrogen and oxygen atoms in total. The lowest BCUT2D eigenvalue weighted by Crippen LogP contribution is -2.28. The highest BCUT2D eigenvalue weighted by molar-refractivity contribution is 7.09. The molecule has 0 bridgehead atoms. The second-order valence-corrected chi connectivity index (χ2v) is 5.30. The maximum atomic E-state index is 11.6. The normalized spacial score (nSPS) is 10.2. The van der Waals surface area contributed by atoms with Gasteiger partial charge >= 0.3 is 0 Å². The first-order valence-corrected chi connectivity index (χ1v) is 6.88. The molecule has 0 aliphatic rings. The first kappa shape index (κ1) is 13.5. The Morgan fingerprint density at radius 3 is 2.95 bits per heavy atom. The van der Waals surface area contributed by atoms with Crippen LogP contribution in [-0.4, -0.2) is 17.5 Å². The fourth-order valence-electron chi connectivity index (χ4n) is 1.58. The molecule has 0 unspecified atom stereocenters. The van der Waals surface area contributed by atoms with Crippen molar-refractivity contribution >= 4 is 17.2 Å². The lowest BCUT2D eigenvalue weighted by Gasteiger charge is -2.07. The highest BCUT2D eigenvalue weighted by Crippen LogP contribution is 2.12. The van der Waals surface area contributed by atoms with E-state index in [1.165, 1.54) is 0 Å². The van der Waals surface area contributed by atoms with Gasteiger partial charge in [0, 0.05) is 5.38 Å². The van der Waals surface area contributed by atoms with Gasteiger partial charge in [-0.1, -0.05) is 12.1 Å². The summed E-state index contributed by atoms with van der Waals surface area (Å²) in [7, 11) is 0. The molecule has 2 rings (SSSR count). The molecule has 2 aromatic rings. The molecular formula is C14H16N2O2S. The van der Waals surface area contributed by atoms with Crippen molar-refractivity contribution in [1.82, 2.24) is 10.3 Å². The van der Waals surface area contributed by atoms with Crippen molar-refractivity contribution in [3.05, 3.63) is 45.9 Å². The Bertz CT molecular complexity index is 566. The van der Waals surface area contributed by atoms with Gasteiger partial charge in [0.2, 0.25) is 0 Å². The second kappa shape index (κ2) is 6.33. The average molecular weight is 276 g/mol. The molecule has 1 aromatic carbocycles. The predicted octanol–water partition coefficient (Wildman–Crippen LogP) is 2.46. The van der Waals surface area contributed by atoms with Crippen LogP contribution in [-0.2, 0) is 11.3 Å². The predicted molar refractivity (Wildman–Crippen MR) is 75.4 cm³/mol. The monoisotopic (exact) mass is 276 g/mol. The third-order valence-electron chi connectivity index (χ3n) is 2.49. The maximum Gasteiger partial charge on any atom is 0.258 e. The standard InChI is InChI=1S/C14H16N2O2S/c1-10-4-3-5-13(6-10)18-8-14(17)15-7-12-9-19-11(2)16-12/h3-6,9H,7-8H2,1-2H3,(H,15,17). The summed E-state index contributed by atoms with van der Waals surface area (Å²) in [6.45, 7) is 4.39. The number of nitrogens with zero attached hydrogens (tertiary/aromatic N) is 1. The number of amides is 1. The Morgan fingerprint density at radius 1 is 1.42 bits per heavy atom. The van der Waals surface area contributed by atoms with Crippen LogP contribution in [0.4, 0.5) is 0 Å². The van der Waals surface area contributed by atoms with Gasteiger partial charge in [-0.3, -0.25) is 4.79 Å². The first-order chi connectivity index (χ1) is 9.13. The summed E-state index contributed by atoms with van der Waals surface area (Å²) in [5.41, 5.74) is 1.99. The average Bonchev–Trinajstić information content (AvgIpc) is 2.80. The van der Waals surface area contributed by atoms with Gasteiger partial charge in [-0.2, -0.15) is 0 Å². The molecule has 0 saturated heterocycles. The number of hydrogen-bond acceptors (Lipinski definition) is 4. The molecule has 0 aliphatic heterocycles. The Morgan fingerprint density at radius 2 is 2.26 bits per heavy atom. The van der Waals surface area contributed by atoms with Crippen LogP contribution in [0.2, 0.25) is 0 Å². The minimum atomic E-state index is -0.146. The fourth-order valence-corrected chi connectivity index (χ4v) is 2.20. The van der Waals surface area contributed by atoms with Crippen molar-refractivity contribution in [1.29, 1.82) is 0 Å². The molecule has 1 aromatic heterocycles. The van der Waals surface area contributed by atoms with Crippen molar-refractivity contribution in [2.45, 2.75) is 20.4 Å². The number of ether oxygens (including phenoxy) is 1. The van der Waals surface area contributed by atoms with E-state index in [-0.39, 0.29) is 12.5 Å².